The molecule has 1 aliphatic heterocycles. The lowest BCUT2D eigenvalue weighted by atomic mass is 9.89. The molecule has 1 aliphatic rings. The predicted molar refractivity (Wildman–Crippen MR) is 535 cm³/mol. The summed E-state index contributed by atoms with van der Waals surface area (Å²) in [5.41, 5.74) is 11.6. The van der Waals surface area contributed by atoms with Crippen LogP contribution in [0.1, 0.15) is 79.0 Å². The van der Waals surface area contributed by atoms with Gasteiger partial charge in [0.1, 0.15) is 22.6 Å². The molecule has 1 fully saturated rings. The minimum atomic E-state index is -1.33. The largest absolute Gasteiger partial charge is 0.304 e. The quantitative estimate of drug-likeness (QED) is 0.0361. The van der Waals surface area contributed by atoms with Crippen molar-refractivity contribution in [2.45, 2.75) is 123 Å². The highest BCUT2D eigenvalue weighted by molar-refractivity contribution is 9.10. The maximum absolute atomic E-state index is 13.7. The first-order chi connectivity index (χ1) is 61.7. The van der Waals surface area contributed by atoms with Gasteiger partial charge in [0.2, 0.25) is 11.1 Å². The van der Waals surface area contributed by atoms with E-state index in [2.05, 4.69) is 94.7 Å². The average Bonchev–Trinajstić information content (AvgIpc) is 0.975. The number of nitrogens with zero attached hydrogens (tertiary/aromatic N) is 18. The van der Waals surface area contributed by atoms with Gasteiger partial charge >= 0.3 is 0 Å². The molecule has 0 aliphatic carbocycles. The number of thiazole rings is 4. The van der Waals surface area contributed by atoms with Crippen molar-refractivity contribution in [1.29, 1.82) is 0 Å². The molecule has 17 aromatic rings. The molecule has 1 saturated heterocycles. The summed E-state index contributed by atoms with van der Waals surface area (Å²) < 4.78 is 19.1. The van der Waals surface area contributed by atoms with Gasteiger partial charge in [-0.3, -0.25) is 46.6 Å². The number of nitrogens with two attached hydrogens (primary N) is 1. The number of likely N-dealkylation sites (tertiary alicyclic amines) is 1. The summed E-state index contributed by atoms with van der Waals surface area (Å²) in [6.07, 6.45) is 21.8. The maximum Gasteiger partial charge on any atom is 0.260 e. The molecule has 12 aromatic heterocycles. The molecular weight excluding hydrogens is 1900 g/mol. The molecule has 1 unspecified atom stereocenters. The summed E-state index contributed by atoms with van der Waals surface area (Å²) in [5, 5.41) is 14.1. The van der Waals surface area contributed by atoms with E-state index in [4.69, 9.17) is 57.2 Å². The van der Waals surface area contributed by atoms with E-state index >= 15 is 0 Å². The normalized spacial score (nSPS) is 12.5. The summed E-state index contributed by atoms with van der Waals surface area (Å²) >= 11 is 39.0. The number of thioether (sulfide) groups is 2. The number of hydrazine groups is 1. The number of piperidine rings is 1. The van der Waals surface area contributed by atoms with E-state index in [1.165, 1.54) is 53.2 Å². The van der Waals surface area contributed by atoms with E-state index < -0.39 is 10.8 Å². The standard InChI is InChI=1S/C32H34ClN7OS.C20H17ClN4O2S2.C20H17ClN4OS2.C16H13BrClN3OS.C4H5NS/c1-4-38-14-12-22(13-15-38)21-6-9-25(10-7-21)40(34)32-36-18-24-16-27(31(41)39(5-2)30(24)37-32)26-11-8-23(17-28(26)33)29-19-35-20(3)42-29;1-4-25-18-13(9-23-20(24-18)29(3)27)7-15(19(25)26)14-6-5-12(8-16(14)21)17-10-22-11(2)28-17;1-4-25-18-13(9-23-20(24-18)27-3)7-15(19(25)26)14-6-5-12(8-16(14)21)17-10-22-11(2)28-17;1-3-21-14-9(8-19-16(20-14)23-2)6-12(15(21)22)11-5-4-10(17)7-13(11)18;1-4-5-2-3-6-4/h6-11,16-19,22H,4-5,12-15,34H2,1-3H3;5-10H,4H2,1-3H3;5-10H,4H2,1-3H3;4-8H,3H2,1-2H3;2-3H,1H3. The van der Waals surface area contributed by atoms with Crippen LogP contribution in [-0.2, 0) is 37.0 Å². The second-order valence-electron chi connectivity index (χ2n) is 29.2. The third kappa shape index (κ3) is 21.0. The van der Waals surface area contributed by atoms with Crippen LogP contribution in [0.2, 0.25) is 20.1 Å². The second-order valence-corrected chi connectivity index (χ2v) is 39.4. The van der Waals surface area contributed by atoms with Gasteiger partial charge in [0.15, 0.2) is 10.3 Å². The fourth-order valence-corrected chi connectivity index (χ4v) is 20.2. The number of hydrogen-bond donors (Lipinski definition) is 1. The van der Waals surface area contributed by atoms with Crippen LogP contribution >= 0.6 is 131 Å². The summed E-state index contributed by atoms with van der Waals surface area (Å²) in [6.45, 7) is 23.1. The van der Waals surface area contributed by atoms with E-state index in [0.717, 1.165) is 97.3 Å². The van der Waals surface area contributed by atoms with Crippen molar-refractivity contribution in [3.63, 3.8) is 0 Å². The third-order valence-corrected chi connectivity index (χ3v) is 28.4. The first kappa shape index (κ1) is 94.1. The molecule has 24 nitrogen and oxygen atoms in total. The second kappa shape index (κ2) is 42.3. The Bertz CT molecular complexity index is 7270. The number of aromatic nitrogens is 16. The Hall–Kier alpha value is -10.0. The number of halogens is 5. The monoisotopic (exact) mass is 1980 g/mol. The zero-order valence-corrected chi connectivity index (χ0v) is 81.9. The first-order valence-corrected chi connectivity index (χ1v) is 50.3. The number of anilines is 2. The Kier molecular flexibility index (Phi) is 31.1. The predicted octanol–water partition coefficient (Wildman–Crippen LogP) is 22.4. The van der Waals surface area contributed by atoms with Crippen molar-refractivity contribution in [1.82, 2.24) is 83.0 Å². The summed E-state index contributed by atoms with van der Waals surface area (Å²) in [7, 11) is -1.33. The van der Waals surface area contributed by atoms with Crippen molar-refractivity contribution in [3.8, 4) is 75.8 Å². The van der Waals surface area contributed by atoms with Crippen LogP contribution in [0.15, 0.2) is 215 Å². The Labute approximate surface area is 793 Å². The van der Waals surface area contributed by atoms with Gasteiger partial charge in [-0.1, -0.05) is 147 Å². The molecule has 0 bridgehead atoms. The number of benzene rings is 5. The summed E-state index contributed by atoms with van der Waals surface area (Å²) in [5.74, 6) is 7.39. The molecule has 0 radical (unpaired) electrons. The van der Waals surface area contributed by atoms with Gasteiger partial charge in [0.25, 0.3) is 22.2 Å². The molecule has 0 spiro atoms. The third-order valence-electron chi connectivity index (χ3n) is 21.3. The van der Waals surface area contributed by atoms with Crippen LogP contribution in [0, 0.1) is 27.7 Å². The number of hydrogen-bond acceptors (Lipinski definition) is 26. The van der Waals surface area contributed by atoms with Gasteiger partial charge in [-0.05, 0) is 195 Å². The van der Waals surface area contributed by atoms with Gasteiger partial charge < -0.3 is 4.90 Å². The highest BCUT2D eigenvalue weighted by atomic mass is 79.9. The molecule has 0 amide bonds. The van der Waals surface area contributed by atoms with Crippen molar-refractivity contribution in [2.24, 2.45) is 5.84 Å². The van der Waals surface area contributed by atoms with E-state index in [9.17, 15) is 23.4 Å². The molecule has 18 rings (SSSR count). The van der Waals surface area contributed by atoms with Crippen molar-refractivity contribution >= 4 is 198 Å². The average molecular weight is 1980 g/mol. The van der Waals surface area contributed by atoms with Crippen LogP contribution in [0.4, 0.5) is 11.6 Å². The smallest absolute Gasteiger partial charge is 0.260 e. The van der Waals surface area contributed by atoms with Crippen LogP contribution in [0.25, 0.3) is 120 Å². The van der Waals surface area contributed by atoms with E-state index in [-0.39, 0.29) is 27.4 Å². The van der Waals surface area contributed by atoms with E-state index in [1.54, 1.807) is 107 Å². The fraction of sp³-hybridized carbons (Fsp3) is 0.239. The van der Waals surface area contributed by atoms with Gasteiger partial charge in [0.05, 0.1) is 51.1 Å². The highest BCUT2D eigenvalue weighted by Gasteiger charge is 2.25. The molecule has 36 heteroatoms. The Morgan fingerprint density at radius 1 is 0.445 bits per heavy atom. The Balaban J connectivity index is 0.000000138. The first-order valence-electron chi connectivity index (χ1n) is 40.6. The number of rotatable bonds is 18. The molecule has 1 atom stereocenters. The minimum Gasteiger partial charge on any atom is -0.304 e. The molecule has 656 valence electrons. The summed E-state index contributed by atoms with van der Waals surface area (Å²) in [6, 6.07) is 38.2. The van der Waals surface area contributed by atoms with Gasteiger partial charge in [-0.2, -0.15) is 4.98 Å². The van der Waals surface area contributed by atoms with Crippen molar-refractivity contribution < 1.29 is 4.21 Å². The lowest BCUT2D eigenvalue weighted by Gasteiger charge is -2.31. The van der Waals surface area contributed by atoms with Crippen molar-refractivity contribution in [2.75, 3.05) is 43.4 Å². The van der Waals surface area contributed by atoms with Crippen LogP contribution < -0.4 is 33.1 Å². The Morgan fingerprint density at radius 2 is 0.820 bits per heavy atom. The van der Waals surface area contributed by atoms with Crippen molar-refractivity contribution in [3.05, 3.63) is 268 Å². The molecule has 13 heterocycles. The number of pyridine rings is 4. The molecular formula is C92H86BrCl4N19O5S7. The van der Waals surface area contributed by atoms with Crippen LogP contribution in [0.3, 0.4) is 0 Å². The SMILES string of the molecule is CCN1CCC(c2ccc(N(N)c3ncc4cc(-c5ccc(-c6cnc(C)s6)cc5Cl)c(=O)n(CC)c4n3)cc2)CC1.CCn1c(=O)c(-c2ccc(-c3cnc(C)s3)cc2Cl)cc2cnc(S(C)=O)nc21.CCn1c(=O)c(-c2ccc(-c3cnc(C)s3)cc2Cl)cc2cnc(SC)nc21.CCn1c(=O)c(-c2ccc(Br)cc2Cl)cc2cnc(SC)nc21.Cc1nccs1. The van der Waals surface area contributed by atoms with Gasteiger partial charge in [-0.15, -0.1) is 45.3 Å². The minimum absolute atomic E-state index is 0.102. The van der Waals surface area contributed by atoms with E-state index in [0.29, 0.717) is 141 Å². The lowest BCUT2D eigenvalue weighted by Crippen LogP contribution is -2.32. The summed E-state index contributed by atoms with van der Waals surface area (Å²) in [4.78, 5) is 111. The van der Waals surface area contributed by atoms with Crippen LogP contribution in [-0.4, -0.2) is 126 Å². The molecule has 5 aromatic carbocycles. The fourth-order valence-electron chi connectivity index (χ4n) is 14.7. The van der Waals surface area contributed by atoms with E-state index in [1.807, 2.05) is 189 Å². The molecule has 2 N–H and O–H groups in total. The molecule has 0 saturated carbocycles. The Morgan fingerprint density at radius 3 is 1.15 bits per heavy atom. The van der Waals surface area contributed by atoms with Gasteiger partial charge in [0, 0.05) is 178 Å². The van der Waals surface area contributed by atoms with Gasteiger partial charge in [-0.25, -0.2) is 60.7 Å². The zero-order chi connectivity index (χ0) is 90.9. The maximum atomic E-state index is 13.7. The highest BCUT2D eigenvalue weighted by Crippen LogP contribution is 2.40. The lowest BCUT2D eigenvalue weighted by molar-refractivity contribution is 0.222. The topological polar surface area (TPSA) is 292 Å². The number of fused-ring (bicyclic) bond motifs is 4. The molecule has 128 heavy (non-hydrogen) atoms. The van der Waals surface area contributed by atoms with Crippen LogP contribution in [0.5, 0.6) is 0 Å². The number of aryl methyl sites for hydroxylation is 8. The zero-order valence-electron chi connectivity index (χ0n) is 71.6.